The van der Waals surface area contributed by atoms with E-state index >= 15 is 0 Å². The molecule has 1 N–H and O–H groups in total. The van der Waals surface area contributed by atoms with E-state index < -0.39 is 0 Å². The molecular weight excluding hydrogens is 321 g/mol. The van der Waals surface area contributed by atoms with E-state index in [1.807, 2.05) is 7.05 Å². The molecule has 3 fully saturated rings. The lowest BCUT2D eigenvalue weighted by Crippen LogP contribution is -2.63. The summed E-state index contributed by atoms with van der Waals surface area (Å²) in [5, 5.41) is 3.48. The summed E-state index contributed by atoms with van der Waals surface area (Å²) in [7, 11) is 3.80. The second-order valence-electron chi connectivity index (χ2n) is 6.64. The average Bonchev–Trinajstić information content (AvgIpc) is 2.65. The van der Waals surface area contributed by atoms with Crippen molar-refractivity contribution in [3.05, 3.63) is 30.1 Å². The highest BCUT2D eigenvalue weighted by atomic mass is 19.1. The fourth-order valence-corrected chi connectivity index (χ4v) is 3.45. The van der Waals surface area contributed by atoms with Crippen molar-refractivity contribution in [2.24, 2.45) is 4.99 Å². The minimum Gasteiger partial charge on any atom is -0.492 e. The number of ether oxygens (including phenoxy) is 1. The molecule has 1 aromatic rings. The molecule has 0 aliphatic carbocycles. The number of aliphatic imine (C=N–C) groups is 1. The SMILES string of the molecule is CN=C(NCC1CN2CCN1CC2)N(C)CCOc1ccc(F)cc1. The molecule has 3 aliphatic heterocycles. The number of piperazine rings is 3. The van der Waals surface area contributed by atoms with Crippen LogP contribution in [0, 0.1) is 5.82 Å². The van der Waals surface area contributed by atoms with E-state index in [2.05, 4.69) is 25.0 Å². The first-order chi connectivity index (χ1) is 12.2. The number of guanidine groups is 1. The molecular formula is C18H28FN5O. The second kappa shape index (κ2) is 8.49. The molecule has 0 radical (unpaired) electrons. The number of hydrogen-bond donors (Lipinski definition) is 1. The zero-order valence-corrected chi connectivity index (χ0v) is 15.1. The van der Waals surface area contributed by atoms with E-state index in [0.29, 0.717) is 24.9 Å². The third kappa shape index (κ3) is 4.83. The minimum absolute atomic E-state index is 0.252. The van der Waals surface area contributed by atoms with Crippen LogP contribution in [0.1, 0.15) is 0 Å². The van der Waals surface area contributed by atoms with Gasteiger partial charge >= 0.3 is 0 Å². The predicted molar refractivity (Wildman–Crippen MR) is 97.7 cm³/mol. The monoisotopic (exact) mass is 349 g/mol. The van der Waals surface area contributed by atoms with Gasteiger partial charge in [0, 0.05) is 59.4 Å². The molecule has 0 aromatic heterocycles. The van der Waals surface area contributed by atoms with Crippen LogP contribution in [0.25, 0.3) is 0 Å². The Morgan fingerprint density at radius 2 is 2.00 bits per heavy atom. The summed E-state index contributed by atoms with van der Waals surface area (Å²) < 4.78 is 18.5. The smallest absolute Gasteiger partial charge is 0.193 e. The van der Waals surface area contributed by atoms with Crippen molar-refractivity contribution in [1.82, 2.24) is 20.0 Å². The number of hydrogen-bond acceptors (Lipinski definition) is 4. The third-order valence-corrected chi connectivity index (χ3v) is 4.97. The van der Waals surface area contributed by atoms with Gasteiger partial charge in [-0.25, -0.2) is 4.39 Å². The molecule has 6 nitrogen and oxygen atoms in total. The Bertz CT molecular complexity index is 571. The van der Waals surface area contributed by atoms with Crippen LogP contribution in [0.3, 0.4) is 0 Å². The van der Waals surface area contributed by atoms with E-state index in [-0.39, 0.29) is 5.82 Å². The minimum atomic E-state index is -0.252. The van der Waals surface area contributed by atoms with Crippen molar-refractivity contribution in [3.8, 4) is 5.75 Å². The van der Waals surface area contributed by atoms with Gasteiger partial charge in [-0.1, -0.05) is 0 Å². The highest BCUT2D eigenvalue weighted by Crippen LogP contribution is 2.15. The Morgan fingerprint density at radius 3 is 2.60 bits per heavy atom. The maximum absolute atomic E-state index is 12.9. The van der Waals surface area contributed by atoms with Gasteiger partial charge in [0.2, 0.25) is 0 Å². The topological polar surface area (TPSA) is 43.3 Å². The standard InChI is InChI=1S/C18H28FN5O/c1-20-18(21-13-16-14-23-7-9-24(16)10-8-23)22(2)11-12-25-17-5-3-15(19)4-6-17/h3-6,16H,7-14H2,1-2H3,(H,20,21). The van der Waals surface area contributed by atoms with E-state index in [4.69, 9.17) is 4.74 Å². The molecule has 4 rings (SSSR count). The van der Waals surface area contributed by atoms with Crippen LogP contribution in [0.15, 0.2) is 29.3 Å². The van der Waals surface area contributed by atoms with Crippen molar-refractivity contribution >= 4 is 5.96 Å². The summed E-state index contributed by atoms with van der Waals surface area (Å²) in [5.41, 5.74) is 0. The maximum atomic E-state index is 12.9. The third-order valence-electron chi connectivity index (χ3n) is 4.97. The molecule has 0 saturated carbocycles. The van der Waals surface area contributed by atoms with Gasteiger partial charge in [-0.3, -0.25) is 14.8 Å². The van der Waals surface area contributed by atoms with Gasteiger partial charge in [-0.05, 0) is 24.3 Å². The largest absolute Gasteiger partial charge is 0.492 e. The van der Waals surface area contributed by atoms with Crippen molar-refractivity contribution in [2.75, 3.05) is 66.5 Å². The zero-order chi connectivity index (χ0) is 17.6. The number of nitrogens with one attached hydrogen (secondary N) is 1. The Balaban J connectivity index is 1.40. The van der Waals surface area contributed by atoms with Gasteiger partial charge in [0.1, 0.15) is 18.2 Å². The first-order valence-electron chi connectivity index (χ1n) is 8.92. The molecule has 0 spiro atoms. The summed E-state index contributed by atoms with van der Waals surface area (Å²) in [6.07, 6.45) is 0. The lowest BCUT2D eigenvalue weighted by Gasteiger charge is -2.47. The van der Waals surface area contributed by atoms with Crippen molar-refractivity contribution in [2.45, 2.75) is 6.04 Å². The number of nitrogens with zero attached hydrogens (tertiary/aromatic N) is 4. The Hall–Kier alpha value is -1.86. The summed E-state index contributed by atoms with van der Waals surface area (Å²) in [6.45, 7) is 8.02. The first kappa shape index (κ1) is 17.9. The molecule has 7 heteroatoms. The number of likely N-dealkylation sites (N-methyl/N-ethyl adjacent to an activating group) is 1. The molecule has 1 aromatic carbocycles. The highest BCUT2D eigenvalue weighted by molar-refractivity contribution is 5.79. The van der Waals surface area contributed by atoms with E-state index in [9.17, 15) is 4.39 Å². The summed E-state index contributed by atoms with van der Waals surface area (Å²) in [5.74, 6) is 1.30. The fraction of sp³-hybridized carbons (Fsp3) is 0.611. The maximum Gasteiger partial charge on any atom is 0.193 e. The first-order valence-corrected chi connectivity index (χ1v) is 8.92. The summed E-state index contributed by atoms with van der Waals surface area (Å²) >= 11 is 0. The molecule has 3 heterocycles. The Kier molecular flexibility index (Phi) is 6.09. The molecule has 25 heavy (non-hydrogen) atoms. The van der Waals surface area contributed by atoms with E-state index in [1.54, 1.807) is 19.2 Å². The second-order valence-corrected chi connectivity index (χ2v) is 6.64. The summed E-state index contributed by atoms with van der Waals surface area (Å²) in [6, 6.07) is 6.66. The van der Waals surface area contributed by atoms with Crippen LogP contribution < -0.4 is 10.1 Å². The zero-order valence-electron chi connectivity index (χ0n) is 15.1. The van der Waals surface area contributed by atoms with Crippen molar-refractivity contribution in [3.63, 3.8) is 0 Å². The number of fused-ring (bicyclic) bond motifs is 3. The number of halogens is 1. The fourth-order valence-electron chi connectivity index (χ4n) is 3.45. The van der Waals surface area contributed by atoms with Crippen LogP contribution in [0.2, 0.25) is 0 Å². The molecule has 1 unspecified atom stereocenters. The van der Waals surface area contributed by atoms with E-state index in [1.165, 1.54) is 38.3 Å². The molecule has 0 amide bonds. The number of rotatable bonds is 6. The normalized spacial score (nSPS) is 25.7. The average molecular weight is 349 g/mol. The van der Waals surface area contributed by atoms with Crippen molar-refractivity contribution < 1.29 is 9.13 Å². The Labute approximate surface area is 149 Å². The lowest BCUT2D eigenvalue weighted by molar-refractivity contribution is 0.0152. The molecule has 2 bridgehead atoms. The van der Waals surface area contributed by atoms with Gasteiger partial charge in [-0.2, -0.15) is 0 Å². The van der Waals surface area contributed by atoms with Gasteiger partial charge in [0.25, 0.3) is 0 Å². The van der Waals surface area contributed by atoms with Gasteiger partial charge < -0.3 is 15.0 Å². The quantitative estimate of drug-likeness (QED) is 0.605. The van der Waals surface area contributed by atoms with Gasteiger partial charge in [0.15, 0.2) is 5.96 Å². The van der Waals surface area contributed by atoms with Crippen LogP contribution >= 0.6 is 0 Å². The van der Waals surface area contributed by atoms with Crippen LogP contribution in [-0.2, 0) is 0 Å². The lowest BCUT2D eigenvalue weighted by atomic mass is 10.1. The van der Waals surface area contributed by atoms with Gasteiger partial charge in [-0.15, -0.1) is 0 Å². The van der Waals surface area contributed by atoms with Crippen molar-refractivity contribution in [1.29, 1.82) is 0 Å². The van der Waals surface area contributed by atoms with Crippen LogP contribution in [0.4, 0.5) is 4.39 Å². The predicted octanol–water partition coefficient (Wildman–Crippen LogP) is 0.712. The molecule has 1 atom stereocenters. The number of benzene rings is 1. The molecule has 3 aliphatic rings. The molecule has 138 valence electrons. The molecule has 3 saturated heterocycles. The van der Waals surface area contributed by atoms with Gasteiger partial charge in [0.05, 0.1) is 6.54 Å². The Morgan fingerprint density at radius 1 is 1.28 bits per heavy atom. The van der Waals surface area contributed by atoms with Crippen LogP contribution in [0.5, 0.6) is 5.75 Å². The highest BCUT2D eigenvalue weighted by Gasteiger charge is 2.31. The van der Waals surface area contributed by atoms with Crippen LogP contribution in [-0.4, -0.2) is 93.2 Å². The summed E-state index contributed by atoms with van der Waals surface area (Å²) in [4.78, 5) is 11.5. The van der Waals surface area contributed by atoms with E-state index in [0.717, 1.165) is 19.0 Å².